The molecule has 0 saturated carbocycles. The molecule has 15 heavy (non-hydrogen) atoms. The van der Waals surface area contributed by atoms with Gasteiger partial charge in [0.05, 0.1) is 13.3 Å². The van der Waals surface area contributed by atoms with Crippen LogP contribution in [0.25, 0.3) is 6.08 Å². The van der Waals surface area contributed by atoms with Crippen molar-refractivity contribution in [2.24, 2.45) is 5.16 Å². The summed E-state index contributed by atoms with van der Waals surface area (Å²) in [4.78, 5) is 10.9. The van der Waals surface area contributed by atoms with Crippen LogP contribution >= 0.6 is 0 Å². The summed E-state index contributed by atoms with van der Waals surface area (Å²) in [5.74, 6) is -0.425. The molecule has 4 nitrogen and oxygen atoms in total. The zero-order valence-corrected chi connectivity index (χ0v) is 8.25. The Balaban J connectivity index is 2.93. The molecule has 0 heterocycles. The van der Waals surface area contributed by atoms with Gasteiger partial charge in [-0.05, 0) is 11.6 Å². The maximum atomic E-state index is 10.9. The Morgan fingerprint density at radius 3 is 2.67 bits per heavy atom. The summed E-state index contributed by atoms with van der Waals surface area (Å²) in [6, 6.07) is 7.21. The number of methoxy groups -OCH3 is 1. The molecule has 0 aliphatic heterocycles. The Hall–Kier alpha value is -2.10. The molecule has 0 spiro atoms. The first-order valence-corrected chi connectivity index (χ1v) is 4.30. The number of esters is 1. The van der Waals surface area contributed by atoms with E-state index in [0.29, 0.717) is 0 Å². The minimum atomic E-state index is -0.425. The molecule has 1 aromatic rings. The molecule has 0 radical (unpaired) electrons. The van der Waals surface area contributed by atoms with Crippen molar-refractivity contribution in [3.8, 4) is 0 Å². The van der Waals surface area contributed by atoms with Gasteiger partial charge in [-0.2, -0.15) is 0 Å². The topological polar surface area (TPSA) is 58.9 Å². The van der Waals surface area contributed by atoms with Crippen LogP contribution in [-0.4, -0.2) is 24.5 Å². The second kappa shape index (κ2) is 5.59. The van der Waals surface area contributed by atoms with Gasteiger partial charge in [0, 0.05) is 11.6 Å². The Morgan fingerprint density at radius 2 is 2.07 bits per heavy atom. The number of nitrogens with zero attached hydrogens (tertiary/aromatic N) is 1. The number of hydrogen-bond donors (Lipinski definition) is 1. The lowest BCUT2D eigenvalue weighted by molar-refractivity contribution is -0.134. The lowest BCUT2D eigenvalue weighted by Gasteiger charge is -1.98. The van der Waals surface area contributed by atoms with Gasteiger partial charge >= 0.3 is 5.97 Å². The molecule has 0 aliphatic rings. The van der Waals surface area contributed by atoms with Crippen LogP contribution < -0.4 is 0 Å². The van der Waals surface area contributed by atoms with Crippen LogP contribution in [0.15, 0.2) is 35.5 Å². The predicted octanol–water partition coefficient (Wildman–Crippen LogP) is 1.68. The number of carbonyl (C=O) groups is 1. The normalized spacial score (nSPS) is 11.0. The third-order valence-electron chi connectivity index (χ3n) is 1.79. The number of carbonyl (C=O) groups excluding carboxylic acids is 1. The maximum absolute atomic E-state index is 10.9. The average molecular weight is 205 g/mol. The number of oxime groups is 1. The zero-order valence-electron chi connectivity index (χ0n) is 8.25. The van der Waals surface area contributed by atoms with E-state index in [9.17, 15) is 4.79 Å². The summed E-state index contributed by atoms with van der Waals surface area (Å²) in [5.41, 5.74) is 1.50. The number of rotatable bonds is 3. The molecule has 4 heteroatoms. The van der Waals surface area contributed by atoms with Crippen LogP contribution in [0.4, 0.5) is 0 Å². The van der Waals surface area contributed by atoms with Gasteiger partial charge in [-0.15, -0.1) is 0 Å². The van der Waals surface area contributed by atoms with Crippen LogP contribution in [-0.2, 0) is 9.53 Å². The fourth-order valence-corrected chi connectivity index (χ4v) is 1.07. The van der Waals surface area contributed by atoms with E-state index in [-0.39, 0.29) is 0 Å². The molecule has 0 bridgehead atoms. The lowest BCUT2D eigenvalue weighted by atomic mass is 10.1. The summed E-state index contributed by atoms with van der Waals surface area (Å²) in [6.45, 7) is 0. The summed E-state index contributed by atoms with van der Waals surface area (Å²) in [6.07, 6.45) is 4.21. The quantitative estimate of drug-likeness (QED) is 0.268. The fraction of sp³-hybridized carbons (Fsp3) is 0.0909. The Bertz CT molecular complexity index is 397. The summed E-state index contributed by atoms with van der Waals surface area (Å²) >= 11 is 0. The van der Waals surface area contributed by atoms with Gasteiger partial charge in [-0.1, -0.05) is 29.4 Å². The SMILES string of the molecule is COC(=O)C=Cc1ccccc1C=NO. The second-order valence-electron chi connectivity index (χ2n) is 2.73. The molecule has 1 N–H and O–H groups in total. The Morgan fingerprint density at radius 1 is 1.40 bits per heavy atom. The molecule has 1 aromatic carbocycles. The van der Waals surface area contributed by atoms with Gasteiger partial charge in [-0.25, -0.2) is 4.79 Å². The Kier molecular flexibility index (Phi) is 4.09. The van der Waals surface area contributed by atoms with Crippen molar-refractivity contribution in [1.82, 2.24) is 0 Å². The number of ether oxygens (including phenoxy) is 1. The second-order valence-corrected chi connectivity index (χ2v) is 2.73. The van der Waals surface area contributed by atoms with Crippen molar-refractivity contribution < 1.29 is 14.7 Å². The highest BCUT2D eigenvalue weighted by Crippen LogP contribution is 2.08. The van der Waals surface area contributed by atoms with Gasteiger partial charge in [0.2, 0.25) is 0 Å². The van der Waals surface area contributed by atoms with Gasteiger partial charge < -0.3 is 9.94 Å². The Labute approximate surface area is 87.5 Å². The van der Waals surface area contributed by atoms with Crippen LogP contribution in [0.1, 0.15) is 11.1 Å². The summed E-state index contributed by atoms with van der Waals surface area (Å²) in [5, 5.41) is 11.4. The largest absolute Gasteiger partial charge is 0.466 e. The molecule has 0 amide bonds. The van der Waals surface area contributed by atoms with E-state index >= 15 is 0 Å². The molecule has 0 unspecified atom stereocenters. The molecule has 78 valence electrons. The summed E-state index contributed by atoms with van der Waals surface area (Å²) < 4.78 is 4.46. The van der Waals surface area contributed by atoms with E-state index in [4.69, 9.17) is 5.21 Å². The van der Waals surface area contributed by atoms with E-state index in [2.05, 4.69) is 9.89 Å². The lowest BCUT2D eigenvalue weighted by Crippen LogP contribution is -1.94. The van der Waals surface area contributed by atoms with Gasteiger partial charge in [0.25, 0.3) is 0 Å². The van der Waals surface area contributed by atoms with E-state index in [1.807, 2.05) is 12.1 Å². The van der Waals surface area contributed by atoms with Crippen LogP contribution in [0.2, 0.25) is 0 Å². The van der Waals surface area contributed by atoms with Crippen molar-refractivity contribution in [2.45, 2.75) is 0 Å². The molecular weight excluding hydrogens is 194 g/mol. The molecule has 0 atom stereocenters. The minimum Gasteiger partial charge on any atom is -0.466 e. The van der Waals surface area contributed by atoms with Crippen LogP contribution in [0.5, 0.6) is 0 Å². The monoisotopic (exact) mass is 205 g/mol. The van der Waals surface area contributed by atoms with Gasteiger partial charge in [-0.3, -0.25) is 0 Å². The number of benzene rings is 1. The molecule has 0 aromatic heterocycles. The smallest absolute Gasteiger partial charge is 0.330 e. The highest BCUT2D eigenvalue weighted by atomic mass is 16.5. The standard InChI is InChI=1S/C11H11NO3/c1-15-11(13)7-6-9-4-2-3-5-10(9)8-12-14/h2-8,14H,1H3. The molecule has 0 saturated heterocycles. The van der Waals surface area contributed by atoms with Crippen molar-refractivity contribution >= 4 is 18.3 Å². The first-order valence-electron chi connectivity index (χ1n) is 4.30. The predicted molar refractivity (Wildman–Crippen MR) is 56.9 cm³/mol. The average Bonchev–Trinajstić information content (AvgIpc) is 2.28. The zero-order chi connectivity index (χ0) is 11.1. The maximum Gasteiger partial charge on any atom is 0.330 e. The highest BCUT2D eigenvalue weighted by Gasteiger charge is 1.96. The van der Waals surface area contributed by atoms with Crippen molar-refractivity contribution in [2.75, 3.05) is 7.11 Å². The third kappa shape index (κ3) is 3.27. The van der Waals surface area contributed by atoms with Crippen molar-refractivity contribution in [1.29, 1.82) is 0 Å². The minimum absolute atomic E-state index is 0.425. The van der Waals surface area contributed by atoms with Crippen molar-refractivity contribution in [3.63, 3.8) is 0 Å². The summed E-state index contributed by atoms with van der Waals surface area (Å²) in [7, 11) is 1.31. The molecule has 0 aliphatic carbocycles. The van der Waals surface area contributed by atoms with Crippen LogP contribution in [0.3, 0.4) is 0 Å². The molecular formula is C11H11NO3. The van der Waals surface area contributed by atoms with E-state index in [1.165, 1.54) is 19.4 Å². The van der Waals surface area contributed by atoms with Gasteiger partial charge in [0.15, 0.2) is 0 Å². The number of hydrogen-bond acceptors (Lipinski definition) is 4. The van der Waals surface area contributed by atoms with Crippen molar-refractivity contribution in [3.05, 3.63) is 41.5 Å². The van der Waals surface area contributed by atoms with Gasteiger partial charge in [0.1, 0.15) is 0 Å². The van der Waals surface area contributed by atoms with E-state index in [0.717, 1.165) is 11.1 Å². The third-order valence-corrected chi connectivity index (χ3v) is 1.79. The van der Waals surface area contributed by atoms with Crippen LogP contribution in [0, 0.1) is 0 Å². The first-order chi connectivity index (χ1) is 7.27. The molecule has 1 rings (SSSR count). The fourth-order valence-electron chi connectivity index (χ4n) is 1.07. The highest BCUT2D eigenvalue weighted by molar-refractivity contribution is 5.91. The first kappa shape index (κ1) is 11.0. The van der Waals surface area contributed by atoms with E-state index in [1.54, 1.807) is 18.2 Å². The molecule has 0 fully saturated rings. The van der Waals surface area contributed by atoms with E-state index < -0.39 is 5.97 Å².